The van der Waals surface area contributed by atoms with Crippen molar-refractivity contribution in [2.24, 2.45) is 0 Å². The molecule has 0 aliphatic heterocycles. The van der Waals surface area contributed by atoms with E-state index in [9.17, 15) is 10.1 Å². The van der Waals surface area contributed by atoms with E-state index in [4.69, 9.17) is 0 Å². The molecule has 0 unspecified atom stereocenters. The zero-order chi connectivity index (χ0) is 18.2. The van der Waals surface area contributed by atoms with E-state index in [-0.39, 0.29) is 11.5 Å². The van der Waals surface area contributed by atoms with Crippen LogP contribution in [0.2, 0.25) is 0 Å². The number of nitrogens with one attached hydrogen (secondary N) is 1. The lowest BCUT2D eigenvalue weighted by Crippen LogP contribution is -2.26. The van der Waals surface area contributed by atoms with E-state index in [1.807, 2.05) is 60.7 Å². The molecular weight excluding hydrogens is 326 g/mol. The second kappa shape index (κ2) is 8.40. The summed E-state index contributed by atoms with van der Waals surface area (Å²) in [6, 6.07) is 19.2. The molecule has 1 aromatic heterocycles. The van der Waals surface area contributed by atoms with Gasteiger partial charge in [0.05, 0.1) is 5.69 Å². The summed E-state index contributed by atoms with van der Waals surface area (Å²) < 4.78 is 1.63. The smallest absolute Gasteiger partial charge is 0.261 e. The van der Waals surface area contributed by atoms with E-state index in [0.29, 0.717) is 6.54 Å². The molecule has 0 atom stereocenters. The van der Waals surface area contributed by atoms with Gasteiger partial charge in [-0.1, -0.05) is 42.5 Å². The third-order valence-corrected chi connectivity index (χ3v) is 3.79. The second-order valence-electron chi connectivity index (χ2n) is 5.59. The van der Waals surface area contributed by atoms with E-state index in [1.165, 1.54) is 6.33 Å². The largest absolute Gasteiger partial charge is 0.351 e. The van der Waals surface area contributed by atoms with Crippen molar-refractivity contribution >= 4 is 12.0 Å². The zero-order valence-electron chi connectivity index (χ0n) is 14.0. The standard InChI is InChI=1S/C20H17N5O/c21-13-18(20(26)23-11-10-16-4-2-1-3-5-16)12-17-6-8-19(9-7-17)25-15-22-14-24-25/h1-9,12,14-15H,10-11H2,(H,23,26)/b18-12-. The lowest BCUT2D eigenvalue weighted by Gasteiger charge is -2.05. The van der Waals surface area contributed by atoms with Gasteiger partial charge in [-0.25, -0.2) is 9.67 Å². The molecule has 1 amide bonds. The van der Waals surface area contributed by atoms with Crippen LogP contribution >= 0.6 is 0 Å². The molecule has 0 aliphatic carbocycles. The fourth-order valence-corrected chi connectivity index (χ4v) is 2.44. The van der Waals surface area contributed by atoms with Gasteiger partial charge < -0.3 is 5.32 Å². The molecule has 0 spiro atoms. The van der Waals surface area contributed by atoms with E-state index < -0.39 is 0 Å². The maximum Gasteiger partial charge on any atom is 0.261 e. The predicted octanol–water partition coefficient (Wildman–Crippen LogP) is 2.53. The van der Waals surface area contributed by atoms with Crippen LogP contribution < -0.4 is 5.32 Å². The van der Waals surface area contributed by atoms with Crippen molar-refractivity contribution in [2.45, 2.75) is 6.42 Å². The fraction of sp³-hybridized carbons (Fsp3) is 0.100. The van der Waals surface area contributed by atoms with E-state index in [2.05, 4.69) is 15.4 Å². The van der Waals surface area contributed by atoms with Gasteiger partial charge in [0.1, 0.15) is 24.3 Å². The number of hydrogen-bond acceptors (Lipinski definition) is 4. The Bertz CT molecular complexity index is 923. The monoisotopic (exact) mass is 343 g/mol. The van der Waals surface area contributed by atoms with Crippen molar-refractivity contribution < 1.29 is 4.79 Å². The minimum absolute atomic E-state index is 0.0755. The predicted molar refractivity (Wildman–Crippen MR) is 98.1 cm³/mol. The molecule has 2 aromatic carbocycles. The normalized spacial score (nSPS) is 11.0. The first kappa shape index (κ1) is 17.1. The highest BCUT2D eigenvalue weighted by atomic mass is 16.1. The van der Waals surface area contributed by atoms with Crippen molar-refractivity contribution in [1.82, 2.24) is 20.1 Å². The number of carbonyl (C=O) groups excluding carboxylic acids is 1. The number of hydrogen-bond donors (Lipinski definition) is 1. The van der Waals surface area contributed by atoms with Crippen LogP contribution in [-0.2, 0) is 11.2 Å². The maximum absolute atomic E-state index is 12.2. The van der Waals surface area contributed by atoms with Crippen LogP contribution in [0.1, 0.15) is 11.1 Å². The van der Waals surface area contributed by atoms with Gasteiger partial charge in [0.25, 0.3) is 5.91 Å². The van der Waals surface area contributed by atoms with Gasteiger partial charge in [-0.15, -0.1) is 0 Å². The number of carbonyl (C=O) groups is 1. The average Bonchev–Trinajstić information content (AvgIpc) is 3.22. The Hall–Kier alpha value is -3.72. The first-order chi connectivity index (χ1) is 12.8. The molecule has 0 radical (unpaired) electrons. The summed E-state index contributed by atoms with van der Waals surface area (Å²) in [5, 5.41) is 16.1. The summed E-state index contributed by atoms with van der Waals surface area (Å²) in [7, 11) is 0. The Balaban J connectivity index is 1.62. The topological polar surface area (TPSA) is 83.6 Å². The summed E-state index contributed by atoms with van der Waals surface area (Å²) in [6.45, 7) is 0.479. The number of nitriles is 1. The minimum Gasteiger partial charge on any atom is -0.351 e. The van der Waals surface area contributed by atoms with E-state index in [1.54, 1.807) is 17.1 Å². The van der Waals surface area contributed by atoms with Gasteiger partial charge in [-0.05, 0) is 35.8 Å². The third-order valence-electron chi connectivity index (χ3n) is 3.79. The highest BCUT2D eigenvalue weighted by molar-refractivity contribution is 6.01. The first-order valence-corrected chi connectivity index (χ1v) is 8.15. The second-order valence-corrected chi connectivity index (χ2v) is 5.59. The van der Waals surface area contributed by atoms with E-state index >= 15 is 0 Å². The van der Waals surface area contributed by atoms with Crippen LogP contribution in [-0.4, -0.2) is 27.2 Å². The SMILES string of the molecule is N#C/C(=C/c1ccc(-n2cncn2)cc1)C(=O)NCCc1ccccc1. The van der Waals surface area contributed by atoms with Crippen molar-refractivity contribution in [2.75, 3.05) is 6.54 Å². The fourth-order valence-electron chi connectivity index (χ4n) is 2.44. The number of nitrogens with zero attached hydrogens (tertiary/aromatic N) is 4. The minimum atomic E-state index is -0.371. The molecule has 6 heteroatoms. The van der Waals surface area contributed by atoms with Gasteiger partial charge in [0.15, 0.2) is 0 Å². The van der Waals surface area contributed by atoms with Crippen LogP contribution in [0.3, 0.4) is 0 Å². The summed E-state index contributed by atoms with van der Waals surface area (Å²) >= 11 is 0. The summed E-state index contributed by atoms with van der Waals surface area (Å²) in [4.78, 5) is 16.1. The Morgan fingerprint density at radius 3 is 2.58 bits per heavy atom. The number of aromatic nitrogens is 3. The maximum atomic E-state index is 12.2. The van der Waals surface area contributed by atoms with Gasteiger partial charge in [0.2, 0.25) is 0 Å². The summed E-state index contributed by atoms with van der Waals surface area (Å²) in [6.07, 6.45) is 5.36. The molecule has 0 saturated heterocycles. The number of benzene rings is 2. The molecule has 1 heterocycles. The molecule has 1 N–H and O–H groups in total. The molecule has 6 nitrogen and oxygen atoms in total. The molecule has 3 aromatic rings. The summed E-state index contributed by atoms with van der Waals surface area (Å²) in [5.74, 6) is -0.371. The molecule has 0 saturated carbocycles. The van der Waals surface area contributed by atoms with Crippen LogP contribution in [0.15, 0.2) is 72.8 Å². The molecule has 128 valence electrons. The molecule has 26 heavy (non-hydrogen) atoms. The Morgan fingerprint density at radius 2 is 1.92 bits per heavy atom. The van der Waals surface area contributed by atoms with E-state index in [0.717, 1.165) is 23.2 Å². The van der Waals surface area contributed by atoms with Crippen LogP contribution in [0.5, 0.6) is 0 Å². The molecule has 0 aliphatic rings. The molecule has 3 rings (SSSR count). The van der Waals surface area contributed by atoms with Gasteiger partial charge >= 0.3 is 0 Å². The zero-order valence-corrected chi connectivity index (χ0v) is 14.0. The quantitative estimate of drug-likeness (QED) is 0.551. The lowest BCUT2D eigenvalue weighted by atomic mass is 10.1. The lowest BCUT2D eigenvalue weighted by molar-refractivity contribution is -0.117. The highest BCUT2D eigenvalue weighted by Crippen LogP contribution is 2.11. The molecule has 0 fully saturated rings. The number of rotatable bonds is 6. The van der Waals surface area contributed by atoms with Crippen LogP contribution in [0, 0.1) is 11.3 Å². The molecule has 0 bridgehead atoms. The third kappa shape index (κ3) is 4.42. The summed E-state index contributed by atoms with van der Waals surface area (Å²) in [5.41, 5.74) is 2.83. The number of amides is 1. The van der Waals surface area contributed by atoms with Crippen LogP contribution in [0.25, 0.3) is 11.8 Å². The van der Waals surface area contributed by atoms with Gasteiger partial charge in [0, 0.05) is 6.54 Å². The Labute approximate surface area is 151 Å². The molecular formula is C20H17N5O. The van der Waals surface area contributed by atoms with Gasteiger partial charge in [-0.2, -0.15) is 10.4 Å². The van der Waals surface area contributed by atoms with Gasteiger partial charge in [-0.3, -0.25) is 4.79 Å². The average molecular weight is 343 g/mol. The first-order valence-electron chi connectivity index (χ1n) is 8.15. The van der Waals surface area contributed by atoms with Crippen molar-refractivity contribution in [1.29, 1.82) is 5.26 Å². The van der Waals surface area contributed by atoms with Crippen molar-refractivity contribution in [3.05, 3.63) is 84.0 Å². The van der Waals surface area contributed by atoms with Crippen LogP contribution in [0.4, 0.5) is 0 Å². The highest BCUT2D eigenvalue weighted by Gasteiger charge is 2.08. The Kier molecular flexibility index (Phi) is 5.53. The van der Waals surface area contributed by atoms with Crippen molar-refractivity contribution in [3.8, 4) is 11.8 Å². The van der Waals surface area contributed by atoms with Crippen molar-refractivity contribution in [3.63, 3.8) is 0 Å². The Morgan fingerprint density at radius 1 is 1.15 bits per heavy atom.